The number of thiazole rings is 1. The van der Waals surface area contributed by atoms with Crippen molar-refractivity contribution < 1.29 is 9.53 Å². The maximum atomic E-state index is 11.9. The topological polar surface area (TPSA) is 51.2 Å². The number of carbonyl (C=O) groups excluding carboxylic acids is 1. The van der Waals surface area contributed by atoms with Gasteiger partial charge in [0.2, 0.25) is 5.91 Å². The standard InChI is InChI=1S/C15H18N2O2S/c1-11-13(20-15(17-11)10-19-2)8-14(18)16-9-12-6-4-3-5-7-12/h3-7H,8-10H2,1-2H3,(H,16,18). The Hall–Kier alpha value is -1.72. The van der Waals surface area contributed by atoms with Crippen molar-refractivity contribution in [2.24, 2.45) is 0 Å². The summed E-state index contributed by atoms with van der Waals surface area (Å²) in [6.07, 6.45) is 0.375. The minimum Gasteiger partial charge on any atom is -0.378 e. The van der Waals surface area contributed by atoms with Crippen LogP contribution in [0.2, 0.25) is 0 Å². The summed E-state index contributed by atoms with van der Waals surface area (Å²) in [5.74, 6) is 0.0181. The molecule has 5 heteroatoms. The third kappa shape index (κ3) is 4.15. The summed E-state index contributed by atoms with van der Waals surface area (Å²) in [4.78, 5) is 17.3. The highest BCUT2D eigenvalue weighted by Gasteiger charge is 2.11. The van der Waals surface area contributed by atoms with Gasteiger partial charge in [0.1, 0.15) is 5.01 Å². The number of aryl methyl sites for hydroxylation is 1. The van der Waals surface area contributed by atoms with Crippen LogP contribution in [0.3, 0.4) is 0 Å². The molecule has 1 N–H and O–H groups in total. The number of methoxy groups -OCH3 is 1. The molecule has 0 radical (unpaired) electrons. The van der Waals surface area contributed by atoms with Gasteiger partial charge in [0.05, 0.1) is 18.7 Å². The van der Waals surface area contributed by atoms with Crippen LogP contribution in [-0.2, 0) is 29.1 Å². The van der Waals surface area contributed by atoms with Crippen LogP contribution < -0.4 is 5.32 Å². The molecule has 0 saturated carbocycles. The van der Waals surface area contributed by atoms with Crippen molar-refractivity contribution in [3.05, 3.63) is 51.5 Å². The van der Waals surface area contributed by atoms with E-state index in [4.69, 9.17) is 4.74 Å². The van der Waals surface area contributed by atoms with Crippen LogP contribution in [0.25, 0.3) is 0 Å². The van der Waals surface area contributed by atoms with Gasteiger partial charge in [0, 0.05) is 18.5 Å². The second-order valence-corrected chi connectivity index (χ2v) is 5.66. The first-order chi connectivity index (χ1) is 9.69. The monoisotopic (exact) mass is 290 g/mol. The van der Waals surface area contributed by atoms with Crippen molar-refractivity contribution in [3.8, 4) is 0 Å². The first-order valence-corrected chi connectivity index (χ1v) is 7.25. The van der Waals surface area contributed by atoms with Crippen LogP contribution in [-0.4, -0.2) is 18.0 Å². The van der Waals surface area contributed by atoms with Gasteiger partial charge < -0.3 is 10.1 Å². The van der Waals surface area contributed by atoms with Crippen LogP contribution >= 0.6 is 11.3 Å². The first-order valence-electron chi connectivity index (χ1n) is 6.43. The van der Waals surface area contributed by atoms with E-state index < -0.39 is 0 Å². The van der Waals surface area contributed by atoms with Crippen molar-refractivity contribution >= 4 is 17.2 Å². The van der Waals surface area contributed by atoms with Crippen molar-refractivity contribution in [3.63, 3.8) is 0 Å². The normalized spacial score (nSPS) is 10.5. The number of benzene rings is 1. The highest BCUT2D eigenvalue weighted by Crippen LogP contribution is 2.19. The maximum Gasteiger partial charge on any atom is 0.225 e. The number of nitrogens with one attached hydrogen (secondary N) is 1. The quantitative estimate of drug-likeness (QED) is 0.889. The van der Waals surface area contributed by atoms with Crippen molar-refractivity contribution in [1.82, 2.24) is 10.3 Å². The molecule has 1 aromatic heterocycles. The number of ether oxygens (including phenoxy) is 1. The Morgan fingerprint density at radius 1 is 1.35 bits per heavy atom. The minimum atomic E-state index is 0.0181. The molecule has 0 aliphatic rings. The number of carbonyl (C=O) groups is 1. The lowest BCUT2D eigenvalue weighted by Gasteiger charge is -2.04. The van der Waals surface area contributed by atoms with Gasteiger partial charge in [0.25, 0.3) is 0 Å². The smallest absolute Gasteiger partial charge is 0.225 e. The van der Waals surface area contributed by atoms with E-state index in [1.54, 1.807) is 7.11 Å². The van der Waals surface area contributed by atoms with Crippen molar-refractivity contribution in [2.45, 2.75) is 26.5 Å². The lowest BCUT2D eigenvalue weighted by atomic mass is 10.2. The van der Waals surface area contributed by atoms with Gasteiger partial charge in [-0.2, -0.15) is 0 Å². The average molecular weight is 290 g/mol. The molecular weight excluding hydrogens is 272 g/mol. The Bertz CT molecular complexity index is 567. The fourth-order valence-electron chi connectivity index (χ4n) is 1.84. The SMILES string of the molecule is COCc1nc(C)c(CC(=O)NCc2ccccc2)s1. The number of aromatic nitrogens is 1. The molecule has 0 atom stereocenters. The summed E-state index contributed by atoms with van der Waals surface area (Å²) in [6, 6.07) is 9.88. The van der Waals surface area contributed by atoms with Gasteiger partial charge in [-0.15, -0.1) is 11.3 Å². The predicted octanol–water partition coefficient (Wildman–Crippen LogP) is 2.46. The third-order valence-electron chi connectivity index (χ3n) is 2.86. The number of amides is 1. The van der Waals surface area contributed by atoms with Gasteiger partial charge in [-0.05, 0) is 12.5 Å². The summed E-state index contributed by atoms with van der Waals surface area (Å²) >= 11 is 1.54. The van der Waals surface area contributed by atoms with Crippen LogP contribution in [0.15, 0.2) is 30.3 Å². The van der Waals surface area contributed by atoms with Crippen molar-refractivity contribution in [1.29, 1.82) is 0 Å². The molecule has 2 rings (SSSR count). The molecule has 4 nitrogen and oxygen atoms in total. The largest absolute Gasteiger partial charge is 0.378 e. The number of nitrogens with zero attached hydrogens (tertiary/aromatic N) is 1. The lowest BCUT2D eigenvalue weighted by molar-refractivity contribution is -0.120. The van der Waals surface area contributed by atoms with E-state index in [0.29, 0.717) is 19.6 Å². The molecule has 20 heavy (non-hydrogen) atoms. The van der Waals surface area contributed by atoms with Gasteiger partial charge >= 0.3 is 0 Å². The summed E-state index contributed by atoms with van der Waals surface area (Å²) in [6.45, 7) is 2.98. The highest BCUT2D eigenvalue weighted by atomic mass is 32.1. The molecule has 2 aromatic rings. The van der Waals surface area contributed by atoms with Crippen molar-refractivity contribution in [2.75, 3.05) is 7.11 Å². The highest BCUT2D eigenvalue weighted by molar-refractivity contribution is 7.11. The second-order valence-electron chi connectivity index (χ2n) is 4.49. The van der Waals surface area contributed by atoms with Gasteiger partial charge in [-0.3, -0.25) is 4.79 Å². The summed E-state index contributed by atoms with van der Waals surface area (Å²) in [5.41, 5.74) is 2.01. The Morgan fingerprint density at radius 2 is 2.10 bits per heavy atom. The Labute approximate surface area is 122 Å². The van der Waals surface area contributed by atoms with E-state index in [9.17, 15) is 4.79 Å². The second kappa shape index (κ2) is 7.17. The molecule has 0 saturated heterocycles. The van der Waals surface area contributed by atoms with Crippen LogP contribution in [0, 0.1) is 6.92 Å². The number of hydrogen-bond acceptors (Lipinski definition) is 4. The predicted molar refractivity (Wildman–Crippen MR) is 79.6 cm³/mol. The van der Waals surface area contributed by atoms with Crippen LogP contribution in [0.1, 0.15) is 21.1 Å². The summed E-state index contributed by atoms with van der Waals surface area (Å²) in [7, 11) is 1.64. The first kappa shape index (κ1) is 14.7. The molecule has 1 aromatic carbocycles. The molecule has 0 unspecified atom stereocenters. The van der Waals surface area contributed by atoms with Gasteiger partial charge in [0.15, 0.2) is 0 Å². The molecule has 1 amide bonds. The van der Waals surface area contributed by atoms with E-state index >= 15 is 0 Å². The fourth-order valence-corrected chi connectivity index (χ4v) is 2.88. The average Bonchev–Trinajstić information content (AvgIpc) is 2.78. The van der Waals surface area contributed by atoms with E-state index in [0.717, 1.165) is 21.1 Å². The molecular formula is C15H18N2O2S. The molecule has 0 spiro atoms. The molecule has 1 heterocycles. The molecule has 0 fully saturated rings. The summed E-state index contributed by atoms with van der Waals surface area (Å²) < 4.78 is 5.05. The summed E-state index contributed by atoms with van der Waals surface area (Å²) in [5, 5.41) is 3.84. The number of hydrogen-bond donors (Lipinski definition) is 1. The molecule has 0 aliphatic heterocycles. The number of rotatable bonds is 6. The Morgan fingerprint density at radius 3 is 2.80 bits per heavy atom. The van der Waals surface area contributed by atoms with Gasteiger partial charge in [-0.25, -0.2) is 4.98 Å². The van der Waals surface area contributed by atoms with E-state index in [2.05, 4.69) is 10.3 Å². The minimum absolute atomic E-state index is 0.0181. The zero-order chi connectivity index (χ0) is 14.4. The third-order valence-corrected chi connectivity index (χ3v) is 3.99. The van der Waals surface area contributed by atoms with E-state index in [1.807, 2.05) is 37.3 Å². The Balaban J connectivity index is 1.88. The molecule has 0 aliphatic carbocycles. The lowest BCUT2D eigenvalue weighted by Crippen LogP contribution is -2.24. The maximum absolute atomic E-state index is 11.9. The van der Waals surface area contributed by atoms with Crippen LogP contribution in [0.5, 0.6) is 0 Å². The molecule has 106 valence electrons. The molecule has 0 bridgehead atoms. The zero-order valence-electron chi connectivity index (χ0n) is 11.7. The van der Waals surface area contributed by atoms with E-state index in [-0.39, 0.29) is 5.91 Å². The van der Waals surface area contributed by atoms with E-state index in [1.165, 1.54) is 11.3 Å². The van der Waals surface area contributed by atoms with Crippen LogP contribution in [0.4, 0.5) is 0 Å². The Kier molecular flexibility index (Phi) is 5.26. The zero-order valence-corrected chi connectivity index (χ0v) is 12.5. The van der Waals surface area contributed by atoms with Gasteiger partial charge in [-0.1, -0.05) is 30.3 Å². The fraction of sp³-hybridized carbons (Fsp3) is 0.333.